The number of aromatic nitrogens is 2. The van der Waals surface area contributed by atoms with E-state index in [1.807, 2.05) is 18.2 Å². The molecule has 0 aliphatic rings. The fourth-order valence-electron chi connectivity index (χ4n) is 1.14. The third kappa shape index (κ3) is 3.11. The predicted octanol–water partition coefficient (Wildman–Crippen LogP) is 2.48. The Bertz CT molecular complexity index is 486. The van der Waals surface area contributed by atoms with E-state index in [-0.39, 0.29) is 12.3 Å². The van der Waals surface area contributed by atoms with Crippen LogP contribution in [0.15, 0.2) is 34.4 Å². The highest BCUT2D eigenvalue weighted by Gasteiger charge is 2.07. The van der Waals surface area contributed by atoms with Crippen molar-refractivity contribution in [2.45, 2.75) is 6.42 Å². The molecule has 2 heterocycles. The molecular weight excluding hydrogens is 290 g/mol. The maximum atomic E-state index is 11.6. The van der Waals surface area contributed by atoms with Crippen LogP contribution in [0, 0.1) is 0 Å². The van der Waals surface area contributed by atoms with Crippen molar-refractivity contribution < 1.29 is 4.79 Å². The molecule has 1 amide bonds. The smallest absolute Gasteiger partial charge is 0.232 e. The molecule has 0 saturated carbocycles. The number of pyridine rings is 1. The number of rotatable bonds is 3. The average Bonchev–Trinajstić information content (AvgIpc) is 2.65. The summed E-state index contributed by atoms with van der Waals surface area (Å²) < 4.78 is 0.889. The highest BCUT2D eigenvalue weighted by atomic mass is 79.9. The number of hydrogen-bond donors (Lipinski definition) is 1. The molecule has 0 bridgehead atoms. The van der Waals surface area contributed by atoms with Crippen molar-refractivity contribution in [1.29, 1.82) is 0 Å². The van der Waals surface area contributed by atoms with E-state index >= 15 is 0 Å². The first-order valence-corrected chi connectivity index (χ1v) is 6.16. The molecule has 0 aliphatic heterocycles. The van der Waals surface area contributed by atoms with Gasteiger partial charge in [0.1, 0.15) is 0 Å². The van der Waals surface area contributed by atoms with Gasteiger partial charge in [0.25, 0.3) is 0 Å². The van der Waals surface area contributed by atoms with Gasteiger partial charge in [-0.3, -0.25) is 9.78 Å². The van der Waals surface area contributed by atoms with Crippen LogP contribution in [0.3, 0.4) is 0 Å². The molecule has 82 valence electrons. The van der Waals surface area contributed by atoms with E-state index in [1.165, 1.54) is 11.3 Å². The summed E-state index contributed by atoms with van der Waals surface area (Å²) in [6.45, 7) is 0. The number of hydrogen-bond acceptors (Lipinski definition) is 4. The Morgan fingerprint density at radius 1 is 1.44 bits per heavy atom. The van der Waals surface area contributed by atoms with Crippen LogP contribution < -0.4 is 5.32 Å². The molecule has 0 unspecified atom stereocenters. The molecule has 0 aliphatic carbocycles. The van der Waals surface area contributed by atoms with Gasteiger partial charge in [-0.2, -0.15) is 0 Å². The number of halogens is 1. The summed E-state index contributed by atoms with van der Waals surface area (Å²) in [6, 6.07) is 5.49. The lowest BCUT2D eigenvalue weighted by molar-refractivity contribution is -0.115. The van der Waals surface area contributed by atoms with Gasteiger partial charge in [0.2, 0.25) is 5.91 Å². The van der Waals surface area contributed by atoms with Crippen molar-refractivity contribution >= 4 is 38.3 Å². The quantitative estimate of drug-likeness (QED) is 0.947. The van der Waals surface area contributed by atoms with Gasteiger partial charge in [-0.15, -0.1) is 0 Å². The summed E-state index contributed by atoms with van der Waals surface area (Å²) in [5.74, 6) is -0.111. The monoisotopic (exact) mass is 297 g/mol. The number of nitrogens with one attached hydrogen (secondary N) is 1. The van der Waals surface area contributed by atoms with Crippen LogP contribution in [-0.4, -0.2) is 15.9 Å². The lowest BCUT2D eigenvalue weighted by Gasteiger charge is -2.00. The summed E-state index contributed by atoms with van der Waals surface area (Å²) in [7, 11) is 0. The number of thiazole rings is 1. The minimum atomic E-state index is -0.111. The Labute approximate surface area is 105 Å². The first kappa shape index (κ1) is 11.2. The molecule has 0 aromatic carbocycles. The molecule has 0 spiro atoms. The largest absolute Gasteiger partial charge is 0.302 e. The van der Waals surface area contributed by atoms with E-state index in [2.05, 4.69) is 31.2 Å². The van der Waals surface area contributed by atoms with Crippen molar-refractivity contribution in [1.82, 2.24) is 9.97 Å². The average molecular weight is 298 g/mol. The number of nitrogens with zero attached hydrogens (tertiary/aromatic N) is 2. The molecule has 16 heavy (non-hydrogen) atoms. The summed E-state index contributed by atoms with van der Waals surface area (Å²) in [5, 5.41) is 3.30. The third-order valence-corrected chi connectivity index (χ3v) is 3.18. The Morgan fingerprint density at radius 3 is 2.94 bits per heavy atom. The van der Waals surface area contributed by atoms with Gasteiger partial charge in [-0.25, -0.2) is 4.98 Å². The third-order valence-electron chi connectivity index (χ3n) is 1.79. The van der Waals surface area contributed by atoms with Gasteiger partial charge in [0, 0.05) is 11.9 Å². The van der Waals surface area contributed by atoms with Crippen LogP contribution in [0.25, 0.3) is 0 Å². The van der Waals surface area contributed by atoms with E-state index in [1.54, 1.807) is 12.4 Å². The maximum absolute atomic E-state index is 11.6. The van der Waals surface area contributed by atoms with Crippen LogP contribution in [0.1, 0.15) is 5.69 Å². The highest BCUT2D eigenvalue weighted by molar-refractivity contribution is 9.11. The Morgan fingerprint density at radius 2 is 2.31 bits per heavy atom. The topological polar surface area (TPSA) is 54.9 Å². The minimum Gasteiger partial charge on any atom is -0.302 e. The number of carbonyl (C=O) groups excluding carboxylic acids is 1. The van der Waals surface area contributed by atoms with Gasteiger partial charge >= 0.3 is 0 Å². The van der Waals surface area contributed by atoms with Gasteiger partial charge < -0.3 is 5.32 Å². The fraction of sp³-hybridized carbons (Fsp3) is 0.100. The Balaban J connectivity index is 1.95. The lowest BCUT2D eigenvalue weighted by Crippen LogP contribution is -2.14. The van der Waals surface area contributed by atoms with Gasteiger partial charge in [-0.1, -0.05) is 17.4 Å². The van der Waals surface area contributed by atoms with Crippen molar-refractivity contribution in [2.24, 2.45) is 0 Å². The van der Waals surface area contributed by atoms with E-state index in [0.717, 1.165) is 9.48 Å². The molecule has 4 nitrogen and oxygen atoms in total. The summed E-state index contributed by atoms with van der Waals surface area (Å²) in [4.78, 5) is 19.7. The number of carbonyl (C=O) groups is 1. The molecule has 0 atom stereocenters. The van der Waals surface area contributed by atoms with Crippen molar-refractivity contribution in [3.05, 3.63) is 40.1 Å². The highest BCUT2D eigenvalue weighted by Crippen LogP contribution is 2.23. The number of anilines is 1. The van der Waals surface area contributed by atoms with E-state index < -0.39 is 0 Å². The SMILES string of the molecule is O=C(Cc1ccccn1)Nc1ncc(Br)s1. The minimum absolute atomic E-state index is 0.111. The van der Waals surface area contributed by atoms with Crippen LogP contribution in [0.4, 0.5) is 5.13 Å². The summed E-state index contributed by atoms with van der Waals surface area (Å²) >= 11 is 4.66. The van der Waals surface area contributed by atoms with Crippen molar-refractivity contribution in [3.63, 3.8) is 0 Å². The molecular formula is C10H8BrN3OS. The van der Waals surface area contributed by atoms with E-state index in [4.69, 9.17) is 0 Å². The molecule has 6 heteroatoms. The standard InChI is InChI=1S/C10H8BrN3OS/c11-8-6-13-10(16-8)14-9(15)5-7-3-1-2-4-12-7/h1-4,6H,5H2,(H,13,14,15). The molecule has 0 saturated heterocycles. The normalized spacial score (nSPS) is 10.1. The lowest BCUT2D eigenvalue weighted by atomic mass is 10.2. The predicted molar refractivity (Wildman–Crippen MR) is 66.4 cm³/mol. The zero-order chi connectivity index (χ0) is 11.4. The second-order valence-electron chi connectivity index (χ2n) is 3.02. The zero-order valence-corrected chi connectivity index (χ0v) is 10.6. The van der Waals surface area contributed by atoms with Crippen molar-refractivity contribution in [3.8, 4) is 0 Å². The molecule has 0 fully saturated rings. The molecule has 2 rings (SSSR count). The van der Waals surface area contributed by atoms with Crippen LogP contribution in [0.5, 0.6) is 0 Å². The van der Waals surface area contributed by atoms with Gasteiger partial charge in [-0.05, 0) is 28.1 Å². The fourth-order valence-corrected chi connectivity index (χ4v) is 2.27. The second kappa shape index (κ2) is 5.18. The van der Waals surface area contributed by atoms with Gasteiger partial charge in [0.15, 0.2) is 5.13 Å². The van der Waals surface area contributed by atoms with Gasteiger partial charge in [0.05, 0.1) is 16.4 Å². The Hall–Kier alpha value is -1.27. The zero-order valence-electron chi connectivity index (χ0n) is 8.18. The molecule has 2 aromatic heterocycles. The first-order valence-electron chi connectivity index (χ1n) is 4.55. The Kier molecular flexibility index (Phi) is 3.63. The van der Waals surface area contributed by atoms with Crippen LogP contribution >= 0.6 is 27.3 Å². The van der Waals surface area contributed by atoms with Crippen LogP contribution in [0.2, 0.25) is 0 Å². The summed E-state index contributed by atoms with van der Waals surface area (Å²) in [5.41, 5.74) is 0.746. The maximum Gasteiger partial charge on any atom is 0.232 e. The van der Waals surface area contributed by atoms with Crippen molar-refractivity contribution in [2.75, 3.05) is 5.32 Å². The van der Waals surface area contributed by atoms with E-state index in [9.17, 15) is 4.79 Å². The molecule has 2 aromatic rings. The van der Waals surface area contributed by atoms with E-state index in [0.29, 0.717) is 5.13 Å². The van der Waals surface area contributed by atoms with Crippen LogP contribution in [-0.2, 0) is 11.2 Å². The summed E-state index contributed by atoms with van der Waals surface area (Å²) in [6.07, 6.45) is 3.58. The first-order chi connectivity index (χ1) is 7.74. The second-order valence-corrected chi connectivity index (χ2v) is 5.43. The molecule has 1 N–H and O–H groups in total. The number of amides is 1. The molecule has 0 radical (unpaired) electrons.